The number of aromatic nitrogens is 1. The smallest absolute Gasteiger partial charge is 0.326 e. The van der Waals surface area contributed by atoms with Crippen LogP contribution in [0.5, 0.6) is 5.75 Å². The van der Waals surface area contributed by atoms with E-state index in [0.717, 1.165) is 4.70 Å². The molecule has 3 aromatic rings. The van der Waals surface area contributed by atoms with Crippen LogP contribution in [0.25, 0.3) is 10.2 Å². The van der Waals surface area contributed by atoms with Crippen molar-refractivity contribution in [1.29, 1.82) is 0 Å². The van der Waals surface area contributed by atoms with Gasteiger partial charge in [-0.3, -0.25) is 19.7 Å². The fourth-order valence-corrected chi connectivity index (χ4v) is 3.77. The molecule has 0 saturated carbocycles. The van der Waals surface area contributed by atoms with Crippen molar-refractivity contribution in [2.24, 2.45) is 4.99 Å². The van der Waals surface area contributed by atoms with E-state index >= 15 is 0 Å². The van der Waals surface area contributed by atoms with E-state index < -0.39 is 16.8 Å². The number of hydrogen-bond donors (Lipinski definition) is 0. The maximum absolute atomic E-state index is 12.7. The molecule has 2 aromatic carbocycles. The highest BCUT2D eigenvalue weighted by atomic mass is 32.1. The number of nitro groups is 1. The van der Waals surface area contributed by atoms with Gasteiger partial charge >= 0.3 is 5.97 Å². The Balaban J connectivity index is 2.15. The monoisotopic (exact) mass is 415 g/mol. The standard InChI is InChI=1S/C19H17N3O6S/c1-3-28-17(23)11-21-15-9-8-12(27-2)10-16(15)29-19(21)20-18(24)13-6-4-5-7-14(13)22(25)26/h4-10H,3,11H2,1-2H3. The molecule has 1 heterocycles. The van der Waals surface area contributed by atoms with Crippen LogP contribution >= 0.6 is 11.3 Å². The first-order valence-corrected chi connectivity index (χ1v) is 9.41. The minimum absolute atomic E-state index is 0.129. The average molecular weight is 415 g/mol. The van der Waals surface area contributed by atoms with E-state index in [4.69, 9.17) is 9.47 Å². The van der Waals surface area contributed by atoms with E-state index in [1.165, 1.54) is 42.7 Å². The Kier molecular flexibility index (Phi) is 6.03. The molecular weight excluding hydrogens is 398 g/mol. The van der Waals surface area contributed by atoms with E-state index in [9.17, 15) is 19.7 Å². The van der Waals surface area contributed by atoms with E-state index in [0.29, 0.717) is 11.3 Å². The van der Waals surface area contributed by atoms with Crippen molar-refractivity contribution in [3.8, 4) is 5.75 Å². The van der Waals surface area contributed by atoms with E-state index in [1.54, 1.807) is 29.7 Å². The second kappa shape index (κ2) is 8.65. The van der Waals surface area contributed by atoms with Gasteiger partial charge in [0.15, 0.2) is 4.80 Å². The summed E-state index contributed by atoms with van der Waals surface area (Å²) in [6, 6.07) is 10.8. The number of ether oxygens (including phenoxy) is 2. The number of esters is 1. The molecule has 0 unspecified atom stereocenters. The molecule has 0 atom stereocenters. The lowest BCUT2D eigenvalue weighted by Crippen LogP contribution is -2.23. The van der Waals surface area contributed by atoms with Crippen molar-refractivity contribution in [2.75, 3.05) is 13.7 Å². The fourth-order valence-electron chi connectivity index (χ4n) is 2.72. The van der Waals surface area contributed by atoms with Crippen LogP contribution in [0.4, 0.5) is 5.69 Å². The van der Waals surface area contributed by atoms with Crippen LogP contribution < -0.4 is 9.54 Å². The molecule has 0 spiro atoms. The first-order valence-electron chi connectivity index (χ1n) is 8.60. The largest absolute Gasteiger partial charge is 0.497 e. The van der Waals surface area contributed by atoms with Gasteiger partial charge < -0.3 is 14.0 Å². The van der Waals surface area contributed by atoms with Crippen molar-refractivity contribution in [2.45, 2.75) is 13.5 Å². The van der Waals surface area contributed by atoms with Crippen LogP contribution in [0.3, 0.4) is 0 Å². The summed E-state index contributed by atoms with van der Waals surface area (Å²) in [5, 5.41) is 11.2. The van der Waals surface area contributed by atoms with Gasteiger partial charge in [0, 0.05) is 6.07 Å². The van der Waals surface area contributed by atoms with Gasteiger partial charge in [0.05, 0.1) is 28.9 Å². The number of methoxy groups -OCH3 is 1. The highest BCUT2D eigenvalue weighted by molar-refractivity contribution is 7.16. The molecule has 0 radical (unpaired) electrons. The lowest BCUT2D eigenvalue weighted by molar-refractivity contribution is -0.385. The third-order valence-electron chi connectivity index (χ3n) is 4.01. The number of carbonyl (C=O) groups is 2. The zero-order valence-electron chi connectivity index (χ0n) is 15.7. The molecule has 9 nitrogen and oxygen atoms in total. The van der Waals surface area contributed by atoms with Gasteiger partial charge in [-0.15, -0.1) is 0 Å². The Morgan fingerprint density at radius 3 is 2.69 bits per heavy atom. The van der Waals surface area contributed by atoms with Gasteiger partial charge in [0.25, 0.3) is 11.6 Å². The molecule has 0 N–H and O–H groups in total. The highest BCUT2D eigenvalue weighted by Crippen LogP contribution is 2.24. The van der Waals surface area contributed by atoms with Crippen LogP contribution in [0.2, 0.25) is 0 Å². The van der Waals surface area contributed by atoms with E-state index in [1.807, 2.05) is 0 Å². The minimum atomic E-state index is -0.770. The topological polar surface area (TPSA) is 113 Å². The number of carbonyl (C=O) groups excluding carboxylic acids is 2. The Hall–Kier alpha value is -3.53. The predicted molar refractivity (Wildman–Crippen MR) is 106 cm³/mol. The van der Waals surface area contributed by atoms with Crippen LogP contribution in [0, 0.1) is 10.1 Å². The zero-order chi connectivity index (χ0) is 21.0. The average Bonchev–Trinajstić information content (AvgIpc) is 3.04. The number of hydrogen-bond acceptors (Lipinski definition) is 7. The summed E-state index contributed by atoms with van der Waals surface area (Å²) in [6.45, 7) is 1.77. The summed E-state index contributed by atoms with van der Waals surface area (Å²) in [7, 11) is 1.53. The van der Waals surface area contributed by atoms with Crippen LogP contribution in [0.15, 0.2) is 47.5 Å². The molecule has 0 fully saturated rings. The number of thiazole rings is 1. The molecule has 1 amide bonds. The SMILES string of the molecule is CCOC(=O)Cn1c(=NC(=O)c2ccccc2[N+](=O)[O-])sc2cc(OC)ccc21. The third-order valence-corrected chi connectivity index (χ3v) is 5.05. The first-order chi connectivity index (χ1) is 13.9. The van der Waals surface area contributed by atoms with Crippen molar-refractivity contribution in [3.05, 3.63) is 62.9 Å². The molecule has 29 heavy (non-hydrogen) atoms. The number of rotatable bonds is 6. The summed E-state index contributed by atoms with van der Waals surface area (Å²) in [5.41, 5.74) is 0.203. The molecule has 0 saturated heterocycles. The zero-order valence-corrected chi connectivity index (χ0v) is 16.5. The second-order valence-electron chi connectivity index (χ2n) is 5.80. The Morgan fingerprint density at radius 2 is 2.00 bits per heavy atom. The number of nitrogens with zero attached hydrogens (tertiary/aromatic N) is 3. The molecule has 3 rings (SSSR count). The van der Waals surface area contributed by atoms with Gasteiger partial charge in [0.1, 0.15) is 17.9 Å². The first kappa shape index (κ1) is 20.2. The summed E-state index contributed by atoms with van der Waals surface area (Å²) in [5.74, 6) is -0.644. The van der Waals surface area contributed by atoms with Crippen LogP contribution in [0.1, 0.15) is 17.3 Å². The van der Waals surface area contributed by atoms with Crippen molar-refractivity contribution < 1.29 is 24.0 Å². The number of benzene rings is 2. The Morgan fingerprint density at radius 1 is 1.24 bits per heavy atom. The molecule has 0 aliphatic rings. The predicted octanol–water partition coefficient (Wildman–Crippen LogP) is 2.92. The van der Waals surface area contributed by atoms with Gasteiger partial charge in [0.2, 0.25) is 0 Å². The minimum Gasteiger partial charge on any atom is -0.497 e. The second-order valence-corrected chi connectivity index (χ2v) is 6.81. The number of para-hydroxylation sites is 1. The lowest BCUT2D eigenvalue weighted by Gasteiger charge is -2.05. The summed E-state index contributed by atoms with van der Waals surface area (Å²) >= 11 is 1.17. The molecule has 10 heteroatoms. The molecular formula is C19H17N3O6S. The number of amides is 1. The van der Waals surface area contributed by atoms with Gasteiger partial charge in [-0.2, -0.15) is 4.99 Å². The van der Waals surface area contributed by atoms with E-state index in [2.05, 4.69) is 4.99 Å². The van der Waals surface area contributed by atoms with Crippen LogP contribution in [-0.4, -0.2) is 35.1 Å². The molecule has 0 aliphatic heterocycles. The van der Waals surface area contributed by atoms with Gasteiger partial charge in [-0.05, 0) is 31.2 Å². The molecule has 0 bridgehead atoms. The highest BCUT2D eigenvalue weighted by Gasteiger charge is 2.20. The summed E-state index contributed by atoms with van der Waals surface area (Å²) in [4.78, 5) is 39.6. The summed E-state index contributed by atoms with van der Waals surface area (Å²) in [6.07, 6.45) is 0. The van der Waals surface area contributed by atoms with Crippen LogP contribution in [-0.2, 0) is 16.1 Å². The Labute approximate surface area is 169 Å². The quantitative estimate of drug-likeness (QED) is 0.347. The Bertz CT molecular complexity index is 1160. The number of fused-ring (bicyclic) bond motifs is 1. The lowest BCUT2D eigenvalue weighted by atomic mass is 10.2. The normalized spacial score (nSPS) is 11.4. The van der Waals surface area contributed by atoms with Crippen molar-refractivity contribution in [1.82, 2.24) is 4.57 Å². The van der Waals surface area contributed by atoms with Gasteiger partial charge in [-0.1, -0.05) is 23.5 Å². The van der Waals surface area contributed by atoms with Crippen molar-refractivity contribution in [3.63, 3.8) is 0 Å². The maximum atomic E-state index is 12.7. The maximum Gasteiger partial charge on any atom is 0.326 e. The van der Waals surface area contributed by atoms with E-state index in [-0.39, 0.29) is 29.2 Å². The third kappa shape index (κ3) is 4.32. The van der Waals surface area contributed by atoms with Crippen molar-refractivity contribution >= 4 is 39.1 Å². The van der Waals surface area contributed by atoms with Gasteiger partial charge in [-0.25, -0.2) is 0 Å². The number of nitro benzene ring substituents is 1. The molecule has 1 aromatic heterocycles. The molecule has 150 valence electrons. The molecule has 0 aliphatic carbocycles. The summed E-state index contributed by atoms with van der Waals surface area (Å²) < 4.78 is 12.5. The fraction of sp³-hybridized carbons (Fsp3) is 0.211.